The van der Waals surface area contributed by atoms with Gasteiger partial charge in [0.1, 0.15) is 11.8 Å². The highest BCUT2D eigenvalue weighted by atomic mass is 16.5. The lowest BCUT2D eigenvalue weighted by atomic mass is 9.95. The van der Waals surface area contributed by atoms with Crippen LogP contribution < -0.4 is 10.2 Å². The quantitative estimate of drug-likeness (QED) is 0.536. The van der Waals surface area contributed by atoms with Crippen LogP contribution in [0.5, 0.6) is 0 Å². The van der Waals surface area contributed by atoms with Gasteiger partial charge in [-0.15, -0.1) is 0 Å². The Kier molecular flexibility index (Phi) is 4.84. The summed E-state index contributed by atoms with van der Waals surface area (Å²) in [6.07, 6.45) is 1.51. The third-order valence-corrected chi connectivity index (χ3v) is 4.39. The number of amides is 1. The van der Waals surface area contributed by atoms with Crippen molar-refractivity contribution in [3.05, 3.63) is 24.2 Å². The highest BCUT2D eigenvalue weighted by Crippen LogP contribution is 2.31. The number of aliphatic imine (C=N–C) groups is 1. The van der Waals surface area contributed by atoms with Crippen LogP contribution in [0.3, 0.4) is 0 Å². The Bertz CT molecular complexity index is 620. The number of likely N-dealkylation sites (N-methyl/N-ethyl adjacent to an activating group) is 1. The van der Waals surface area contributed by atoms with Crippen LogP contribution in [-0.2, 0) is 14.3 Å². The zero-order chi connectivity index (χ0) is 17.1. The van der Waals surface area contributed by atoms with Gasteiger partial charge in [-0.2, -0.15) is 0 Å². The predicted octanol–water partition coefficient (Wildman–Crippen LogP) is -1.18. The summed E-state index contributed by atoms with van der Waals surface area (Å²) < 4.78 is 10.5. The van der Waals surface area contributed by atoms with E-state index in [9.17, 15) is 9.59 Å². The number of furan rings is 1. The fraction of sp³-hybridized carbons (Fsp3) is 0.562. The number of nitrogens with zero attached hydrogens (tertiary/aromatic N) is 2. The lowest BCUT2D eigenvalue weighted by Crippen LogP contribution is -3.12. The molecule has 130 valence electrons. The third-order valence-electron chi connectivity index (χ3n) is 4.39. The molecule has 2 aliphatic heterocycles. The molecule has 2 N–H and O–H groups in total. The molecule has 0 aromatic carbocycles. The molecule has 8 nitrogen and oxygen atoms in total. The SMILES string of the molecule is CCOC(=O)[C@H]1C(=O)NC(N2CC[NH+](C)CC2)=N[C@H]1c1ccco1. The largest absolute Gasteiger partial charge is 0.467 e. The molecule has 24 heavy (non-hydrogen) atoms. The van der Waals surface area contributed by atoms with E-state index in [0.717, 1.165) is 26.2 Å². The van der Waals surface area contributed by atoms with Gasteiger partial charge in [0, 0.05) is 0 Å². The van der Waals surface area contributed by atoms with Gasteiger partial charge in [-0.05, 0) is 19.1 Å². The zero-order valence-electron chi connectivity index (χ0n) is 13.9. The molecule has 1 fully saturated rings. The molecule has 0 radical (unpaired) electrons. The molecule has 1 saturated heterocycles. The topological polar surface area (TPSA) is 88.6 Å². The van der Waals surface area contributed by atoms with Crippen molar-refractivity contribution >= 4 is 17.8 Å². The number of esters is 1. The first kappa shape index (κ1) is 16.5. The Hall–Kier alpha value is -2.35. The van der Waals surface area contributed by atoms with E-state index in [1.807, 2.05) is 4.90 Å². The smallest absolute Gasteiger partial charge is 0.321 e. The average Bonchev–Trinajstić information content (AvgIpc) is 3.09. The van der Waals surface area contributed by atoms with Gasteiger partial charge in [0.2, 0.25) is 11.9 Å². The lowest BCUT2D eigenvalue weighted by molar-refractivity contribution is -0.883. The minimum absolute atomic E-state index is 0.214. The van der Waals surface area contributed by atoms with Crippen molar-refractivity contribution in [1.29, 1.82) is 0 Å². The molecule has 2 atom stereocenters. The maximum absolute atomic E-state index is 12.6. The number of ether oxygens (including phenoxy) is 1. The van der Waals surface area contributed by atoms with E-state index in [4.69, 9.17) is 9.15 Å². The van der Waals surface area contributed by atoms with E-state index in [1.54, 1.807) is 19.1 Å². The summed E-state index contributed by atoms with van der Waals surface area (Å²) in [7, 11) is 2.14. The minimum Gasteiger partial charge on any atom is -0.467 e. The number of rotatable bonds is 3. The molecule has 0 bridgehead atoms. The maximum Gasteiger partial charge on any atom is 0.321 e. The molecular weight excluding hydrogens is 312 g/mol. The standard InChI is InChI=1S/C16H22N4O4/c1-3-23-15(22)12-13(11-5-4-10-24-11)17-16(18-14(12)21)20-8-6-19(2)7-9-20/h4-5,10,12-13H,3,6-9H2,1-2H3,(H,17,18,21)/p+1/t12-,13+/m1/s1. The molecule has 1 aromatic rings. The van der Waals surface area contributed by atoms with Gasteiger partial charge in [0.25, 0.3) is 0 Å². The molecule has 0 saturated carbocycles. The van der Waals surface area contributed by atoms with Crippen LogP contribution in [0, 0.1) is 5.92 Å². The van der Waals surface area contributed by atoms with E-state index in [1.165, 1.54) is 11.2 Å². The fourth-order valence-electron chi connectivity index (χ4n) is 2.99. The van der Waals surface area contributed by atoms with Crippen LogP contribution in [0.25, 0.3) is 0 Å². The Balaban J connectivity index is 1.88. The summed E-state index contributed by atoms with van der Waals surface area (Å²) in [5.74, 6) is -1.01. The van der Waals surface area contributed by atoms with E-state index in [0.29, 0.717) is 11.7 Å². The molecule has 1 amide bonds. The minimum atomic E-state index is -1.03. The lowest BCUT2D eigenvalue weighted by Gasteiger charge is -2.35. The van der Waals surface area contributed by atoms with Crippen LogP contribution in [0.1, 0.15) is 18.7 Å². The number of hydrogen-bond donors (Lipinski definition) is 2. The second kappa shape index (κ2) is 7.04. The first-order chi connectivity index (χ1) is 11.6. The van der Waals surface area contributed by atoms with Crippen LogP contribution in [-0.4, -0.2) is 62.6 Å². The third kappa shape index (κ3) is 3.28. The number of guanidine groups is 1. The van der Waals surface area contributed by atoms with Gasteiger partial charge in [-0.3, -0.25) is 14.9 Å². The molecule has 2 aliphatic rings. The number of carbonyl (C=O) groups is 2. The Morgan fingerprint density at radius 2 is 2.25 bits per heavy atom. The normalized spacial score (nSPS) is 25.2. The fourth-order valence-corrected chi connectivity index (χ4v) is 2.99. The van der Waals surface area contributed by atoms with E-state index in [-0.39, 0.29) is 6.61 Å². The maximum atomic E-state index is 12.6. The molecule has 0 unspecified atom stereocenters. The van der Waals surface area contributed by atoms with E-state index < -0.39 is 23.8 Å². The Morgan fingerprint density at radius 3 is 2.88 bits per heavy atom. The number of piperazine rings is 1. The van der Waals surface area contributed by atoms with Crippen molar-refractivity contribution < 1.29 is 23.6 Å². The number of carbonyl (C=O) groups excluding carboxylic acids is 2. The molecule has 0 aliphatic carbocycles. The van der Waals surface area contributed by atoms with Gasteiger partial charge < -0.3 is 19.0 Å². The van der Waals surface area contributed by atoms with Gasteiger partial charge in [-0.1, -0.05) is 0 Å². The highest BCUT2D eigenvalue weighted by Gasteiger charge is 2.43. The van der Waals surface area contributed by atoms with Crippen molar-refractivity contribution in [1.82, 2.24) is 10.2 Å². The summed E-state index contributed by atoms with van der Waals surface area (Å²) in [6, 6.07) is 2.75. The second-order valence-corrected chi connectivity index (χ2v) is 6.08. The molecule has 8 heteroatoms. The zero-order valence-corrected chi connectivity index (χ0v) is 13.9. The van der Waals surface area contributed by atoms with Crippen molar-refractivity contribution in [3.8, 4) is 0 Å². The molecule has 1 aromatic heterocycles. The van der Waals surface area contributed by atoms with Crippen LogP contribution in [0.15, 0.2) is 27.8 Å². The number of hydrogen-bond acceptors (Lipinski definition) is 6. The van der Waals surface area contributed by atoms with E-state index >= 15 is 0 Å². The summed E-state index contributed by atoms with van der Waals surface area (Å²) in [5, 5.41) is 2.77. The van der Waals surface area contributed by atoms with Crippen LogP contribution >= 0.6 is 0 Å². The van der Waals surface area contributed by atoms with E-state index in [2.05, 4.69) is 17.4 Å². The summed E-state index contributed by atoms with van der Waals surface area (Å²) in [6.45, 7) is 5.48. The van der Waals surface area contributed by atoms with Crippen molar-refractivity contribution in [2.75, 3.05) is 39.8 Å². The van der Waals surface area contributed by atoms with Crippen molar-refractivity contribution in [3.63, 3.8) is 0 Å². The summed E-state index contributed by atoms with van der Waals surface area (Å²) in [4.78, 5) is 32.9. The summed E-state index contributed by atoms with van der Waals surface area (Å²) in [5.41, 5.74) is 0. The second-order valence-electron chi connectivity index (χ2n) is 6.08. The summed E-state index contributed by atoms with van der Waals surface area (Å²) >= 11 is 0. The van der Waals surface area contributed by atoms with Crippen LogP contribution in [0.4, 0.5) is 0 Å². The van der Waals surface area contributed by atoms with Gasteiger partial charge >= 0.3 is 5.97 Å². The first-order valence-electron chi connectivity index (χ1n) is 8.25. The van der Waals surface area contributed by atoms with Gasteiger partial charge in [-0.25, -0.2) is 4.99 Å². The number of quaternary nitrogens is 1. The van der Waals surface area contributed by atoms with Gasteiger partial charge in [0.05, 0.1) is 46.1 Å². The molecule has 0 spiro atoms. The Morgan fingerprint density at radius 1 is 1.50 bits per heavy atom. The highest BCUT2D eigenvalue weighted by molar-refractivity contribution is 6.08. The van der Waals surface area contributed by atoms with Gasteiger partial charge in [0.15, 0.2) is 5.92 Å². The number of nitrogens with one attached hydrogen (secondary N) is 2. The average molecular weight is 335 g/mol. The van der Waals surface area contributed by atoms with Crippen LogP contribution in [0.2, 0.25) is 0 Å². The predicted molar refractivity (Wildman–Crippen MR) is 85.3 cm³/mol. The Labute approximate surface area is 140 Å². The monoisotopic (exact) mass is 335 g/mol. The molecule has 3 heterocycles. The molecular formula is C16H23N4O4+. The van der Waals surface area contributed by atoms with Crippen molar-refractivity contribution in [2.24, 2.45) is 10.9 Å². The molecule has 3 rings (SSSR count). The first-order valence-corrected chi connectivity index (χ1v) is 8.25. The van der Waals surface area contributed by atoms with Crippen molar-refractivity contribution in [2.45, 2.75) is 13.0 Å².